The van der Waals surface area contributed by atoms with Crippen LogP contribution in [0.25, 0.3) is 5.69 Å². The van der Waals surface area contributed by atoms with Crippen LogP contribution in [0.4, 0.5) is 11.4 Å². The van der Waals surface area contributed by atoms with Gasteiger partial charge in [0.1, 0.15) is 31.6 Å². The van der Waals surface area contributed by atoms with E-state index in [1.165, 1.54) is 5.69 Å². The zero-order valence-electron chi connectivity index (χ0n) is 20.4. The molecule has 9 nitrogen and oxygen atoms in total. The van der Waals surface area contributed by atoms with Crippen molar-refractivity contribution in [2.45, 2.75) is 32.4 Å². The van der Waals surface area contributed by atoms with Gasteiger partial charge in [0.05, 0.1) is 18.3 Å². The summed E-state index contributed by atoms with van der Waals surface area (Å²) < 4.78 is 19.6. The van der Waals surface area contributed by atoms with Crippen LogP contribution in [-0.4, -0.2) is 66.6 Å². The number of benzene rings is 2. The standard InChI is InChI=1S/C26H33N5O4/c1-3-20(2)31-26(32)30(18-27-31)23-6-4-21(5-7-23)28-12-14-29(15-13-28)22-8-10-24(11-9-22)34-17-25-16-33-19-35-25/h4-11,18,20,25H,3,12-17,19H2,1-2H3/t20-,25+/m1/s1. The van der Waals surface area contributed by atoms with Crippen LogP contribution < -0.4 is 20.2 Å². The molecule has 1 aromatic heterocycles. The molecule has 186 valence electrons. The van der Waals surface area contributed by atoms with Gasteiger partial charge >= 0.3 is 5.69 Å². The zero-order chi connectivity index (χ0) is 24.2. The summed E-state index contributed by atoms with van der Waals surface area (Å²) in [7, 11) is 0. The number of hydrogen-bond acceptors (Lipinski definition) is 7. The lowest BCUT2D eigenvalue weighted by molar-refractivity contribution is 0.0320. The van der Waals surface area contributed by atoms with Gasteiger partial charge in [-0.1, -0.05) is 6.92 Å². The normalized spacial score (nSPS) is 19.2. The van der Waals surface area contributed by atoms with Gasteiger partial charge < -0.3 is 24.0 Å². The molecule has 0 radical (unpaired) electrons. The monoisotopic (exact) mass is 479 g/mol. The number of nitrogens with zero attached hydrogens (tertiary/aromatic N) is 5. The third kappa shape index (κ3) is 5.21. The summed E-state index contributed by atoms with van der Waals surface area (Å²) in [4.78, 5) is 17.4. The SMILES string of the molecule is CC[C@@H](C)n1ncn(-c2ccc(N3CCN(c4ccc(OC[C@@H]5COCO5)cc4)CC3)cc2)c1=O. The number of rotatable bonds is 8. The smallest absolute Gasteiger partial charge is 0.350 e. The molecule has 2 saturated heterocycles. The Morgan fingerprint density at radius 1 is 0.971 bits per heavy atom. The van der Waals surface area contributed by atoms with Crippen molar-refractivity contribution in [3.8, 4) is 11.4 Å². The third-order valence-electron chi connectivity index (χ3n) is 6.80. The Balaban J connectivity index is 1.15. The predicted molar refractivity (Wildman–Crippen MR) is 135 cm³/mol. The number of ether oxygens (including phenoxy) is 3. The first kappa shape index (κ1) is 23.4. The van der Waals surface area contributed by atoms with Crippen molar-refractivity contribution in [1.29, 1.82) is 0 Å². The molecule has 0 unspecified atom stereocenters. The molecule has 0 amide bonds. The van der Waals surface area contributed by atoms with Crippen molar-refractivity contribution in [3.05, 3.63) is 65.3 Å². The number of hydrogen-bond donors (Lipinski definition) is 0. The van der Waals surface area contributed by atoms with Crippen LogP contribution in [0.15, 0.2) is 59.7 Å². The quantitative estimate of drug-likeness (QED) is 0.492. The fourth-order valence-electron chi connectivity index (χ4n) is 4.43. The maximum atomic E-state index is 12.7. The van der Waals surface area contributed by atoms with Gasteiger partial charge in [-0.15, -0.1) is 0 Å². The fourth-order valence-corrected chi connectivity index (χ4v) is 4.43. The van der Waals surface area contributed by atoms with Crippen LogP contribution in [-0.2, 0) is 9.47 Å². The van der Waals surface area contributed by atoms with Crippen LogP contribution in [0.3, 0.4) is 0 Å². The lowest BCUT2D eigenvalue weighted by atomic mass is 10.2. The highest BCUT2D eigenvalue weighted by atomic mass is 16.7. The first-order chi connectivity index (χ1) is 17.1. The molecule has 0 aliphatic carbocycles. The first-order valence-corrected chi connectivity index (χ1v) is 12.3. The van der Waals surface area contributed by atoms with Crippen LogP contribution in [0, 0.1) is 0 Å². The molecule has 2 fully saturated rings. The summed E-state index contributed by atoms with van der Waals surface area (Å²) in [5, 5.41) is 4.28. The van der Waals surface area contributed by atoms with Gasteiger partial charge in [0.15, 0.2) is 0 Å². The second-order valence-electron chi connectivity index (χ2n) is 9.06. The molecular formula is C26H33N5O4. The maximum absolute atomic E-state index is 12.7. The number of anilines is 2. The topological polar surface area (TPSA) is 74.0 Å². The largest absolute Gasteiger partial charge is 0.491 e. The Morgan fingerprint density at radius 3 is 2.14 bits per heavy atom. The highest BCUT2D eigenvalue weighted by Gasteiger charge is 2.19. The zero-order valence-corrected chi connectivity index (χ0v) is 20.4. The van der Waals surface area contributed by atoms with E-state index in [-0.39, 0.29) is 17.8 Å². The molecule has 9 heteroatoms. The average Bonchev–Trinajstić information content (AvgIpc) is 3.57. The fraction of sp³-hybridized carbons (Fsp3) is 0.462. The summed E-state index contributed by atoms with van der Waals surface area (Å²) in [6.45, 7) is 9.26. The molecule has 3 heterocycles. The van der Waals surface area contributed by atoms with Crippen LogP contribution in [0.1, 0.15) is 26.3 Å². The first-order valence-electron chi connectivity index (χ1n) is 12.3. The highest BCUT2D eigenvalue weighted by molar-refractivity contribution is 5.54. The van der Waals surface area contributed by atoms with Crippen molar-refractivity contribution in [2.24, 2.45) is 0 Å². The van der Waals surface area contributed by atoms with Gasteiger partial charge in [0.2, 0.25) is 0 Å². The molecule has 5 rings (SSSR count). The minimum absolute atomic E-state index is 0.0141. The maximum Gasteiger partial charge on any atom is 0.350 e. The third-order valence-corrected chi connectivity index (χ3v) is 6.80. The second kappa shape index (κ2) is 10.5. The Labute approximate surface area is 205 Å². The Morgan fingerprint density at radius 2 is 1.57 bits per heavy atom. The summed E-state index contributed by atoms with van der Waals surface area (Å²) in [5.74, 6) is 0.844. The predicted octanol–water partition coefficient (Wildman–Crippen LogP) is 3.08. The lowest BCUT2D eigenvalue weighted by Crippen LogP contribution is -2.46. The van der Waals surface area contributed by atoms with Crippen LogP contribution in [0.5, 0.6) is 5.75 Å². The van der Waals surface area contributed by atoms with Gasteiger partial charge in [-0.3, -0.25) is 0 Å². The minimum atomic E-state index is -0.0991. The molecule has 0 bridgehead atoms. The van der Waals surface area contributed by atoms with Gasteiger partial charge in [-0.25, -0.2) is 14.0 Å². The Kier molecular flexibility index (Phi) is 7.06. The summed E-state index contributed by atoms with van der Waals surface area (Å²) in [6, 6.07) is 16.5. The lowest BCUT2D eigenvalue weighted by Gasteiger charge is -2.37. The molecular weight excluding hydrogens is 446 g/mol. The summed E-state index contributed by atoms with van der Waals surface area (Å²) in [6.07, 6.45) is 2.49. The molecule has 3 aromatic rings. The minimum Gasteiger partial charge on any atom is -0.491 e. The summed E-state index contributed by atoms with van der Waals surface area (Å²) in [5.41, 5.74) is 3.10. The van der Waals surface area contributed by atoms with E-state index in [1.807, 2.05) is 31.2 Å². The van der Waals surface area contributed by atoms with E-state index in [1.54, 1.807) is 15.6 Å². The van der Waals surface area contributed by atoms with Crippen molar-refractivity contribution in [3.63, 3.8) is 0 Å². The Hall–Kier alpha value is -3.30. The molecule has 2 aliphatic rings. The molecule has 35 heavy (non-hydrogen) atoms. The van der Waals surface area contributed by atoms with Gasteiger partial charge in [0.25, 0.3) is 0 Å². The highest BCUT2D eigenvalue weighted by Crippen LogP contribution is 2.24. The average molecular weight is 480 g/mol. The molecule has 2 atom stereocenters. The van der Waals surface area contributed by atoms with Gasteiger partial charge in [-0.05, 0) is 61.9 Å². The number of piperazine rings is 1. The molecule has 0 saturated carbocycles. The Bertz CT molecular complexity index is 1140. The number of aromatic nitrogens is 3. The van der Waals surface area contributed by atoms with E-state index in [0.29, 0.717) is 20.0 Å². The van der Waals surface area contributed by atoms with Crippen molar-refractivity contribution in [2.75, 3.05) is 56.0 Å². The van der Waals surface area contributed by atoms with Crippen molar-refractivity contribution in [1.82, 2.24) is 14.3 Å². The van der Waals surface area contributed by atoms with Crippen LogP contribution in [0.2, 0.25) is 0 Å². The summed E-state index contributed by atoms with van der Waals surface area (Å²) >= 11 is 0. The van der Waals surface area contributed by atoms with E-state index >= 15 is 0 Å². The molecule has 0 spiro atoms. The van der Waals surface area contributed by atoms with Crippen molar-refractivity contribution >= 4 is 11.4 Å². The van der Waals surface area contributed by atoms with Crippen molar-refractivity contribution < 1.29 is 14.2 Å². The van der Waals surface area contributed by atoms with E-state index in [4.69, 9.17) is 14.2 Å². The van der Waals surface area contributed by atoms with Gasteiger partial charge in [-0.2, -0.15) is 5.10 Å². The van der Waals surface area contributed by atoms with Crippen LogP contribution >= 0.6 is 0 Å². The van der Waals surface area contributed by atoms with E-state index in [9.17, 15) is 4.79 Å². The van der Waals surface area contributed by atoms with E-state index in [2.05, 4.69) is 46.1 Å². The molecule has 0 N–H and O–H groups in total. The molecule has 2 aliphatic heterocycles. The second-order valence-corrected chi connectivity index (χ2v) is 9.06. The van der Waals surface area contributed by atoms with Gasteiger partial charge in [0, 0.05) is 37.6 Å². The van der Waals surface area contributed by atoms with E-state index < -0.39 is 0 Å². The van der Waals surface area contributed by atoms with E-state index in [0.717, 1.165) is 49.7 Å². The molecule has 2 aromatic carbocycles.